The molecule has 0 aliphatic rings. The molecule has 132 valence electrons. The third kappa shape index (κ3) is 7.17. The zero-order valence-corrected chi connectivity index (χ0v) is 15.1. The molecule has 0 unspecified atom stereocenters. The van der Waals surface area contributed by atoms with Gasteiger partial charge in [-0.1, -0.05) is 30.4 Å². The van der Waals surface area contributed by atoms with E-state index in [2.05, 4.69) is 22.2 Å². The molecule has 1 rings (SSSR count). The van der Waals surface area contributed by atoms with Crippen molar-refractivity contribution in [3.8, 4) is 5.75 Å². The van der Waals surface area contributed by atoms with Crippen molar-refractivity contribution >= 4 is 11.9 Å². The Hall–Kier alpha value is -2.50. The first-order chi connectivity index (χ1) is 11.4. The maximum absolute atomic E-state index is 11.7. The molecule has 0 bridgehead atoms. The van der Waals surface area contributed by atoms with Gasteiger partial charge in [0.2, 0.25) is 5.91 Å². The van der Waals surface area contributed by atoms with Gasteiger partial charge in [-0.3, -0.25) is 4.79 Å². The number of amides is 1. The van der Waals surface area contributed by atoms with Crippen LogP contribution < -0.4 is 15.4 Å². The lowest BCUT2D eigenvalue weighted by atomic mass is 10.2. The molecule has 0 heterocycles. The summed E-state index contributed by atoms with van der Waals surface area (Å²) in [6.07, 6.45) is 0. The Morgan fingerprint density at radius 2 is 1.92 bits per heavy atom. The molecule has 0 aromatic heterocycles. The van der Waals surface area contributed by atoms with E-state index in [4.69, 9.17) is 4.74 Å². The first-order valence-electron chi connectivity index (χ1n) is 8.01. The van der Waals surface area contributed by atoms with Crippen molar-refractivity contribution in [1.82, 2.24) is 15.5 Å². The van der Waals surface area contributed by atoms with E-state index in [1.165, 1.54) is 4.90 Å². The zero-order valence-electron chi connectivity index (χ0n) is 15.1. The fourth-order valence-corrected chi connectivity index (χ4v) is 1.82. The van der Waals surface area contributed by atoms with Crippen molar-refractivity contribution in [2.75, 3.05) is 33.8 Å². The highest BCUT2D eigenvalue weighted by atomic mass is 16.5. The molecule has 6 nitrogen and oxygen atoms in total. The molecule has 6 heteroatoms. The molecule has 1 aromatic carbocycles. The van der Waals surface area contributed by atoms with Gasteiger partial charge >= 0.3 is 0 Å². The van der Waals surface area contributed by atoms with Crippen molar-refractivity contribution in [2.45, 2.75) is 20.4 Å². The lowest BCUT2D eigenvalue weighted by Gasteiger charge is -2.15. The second kappa shape index (κ2) is 10.3. The van der Waals surface area contributed by atoms with E-state index in [9.17, 15) is 4.79 Å². The number of benzene rings is 1. The molecule has 24 heavy (non-hydrogen) atoms. The summed E-state index contributed by atoms with van der Waals surface area (Å²) >= 11 is 0. The second-order valence-corrected chi connectivity index (χ2v) is 5.66. The molecule has 1 aromatic rings. The van der Waals surface area contributed by atoms with Crippen LogP contribution in [0.4, 0.5) is 0 Å². The van der Waals surface area contributed by atoms with Gasteiger partial charge < -0.3 is 20.3 Å². The molecule has 0 fully saturated rings. The van der Waals surface area contributed by atoms with E-state index in [0.717, 1.165) is 16.9 Å². The summed E-state index contributed by atoms with van der Waals surface area (Å²) in [5, 5.41) is 6.21. The Bertz CT molecular complexity index is 582. The molecule has 0 aliphatic carbocycles. The molecule has 0 radical (unpaired) electrons. The average molecular weight is 332 g/mol. The highest BCUT2D eigenvalue weighted by Crippen LogP contribution is 2.18. The Labute approximate surface area is 144 Å². The first kappa shape index (κ1) is 19.5. The number of hydrogen-bond acceptors (Lipinski definition) is 3. The second-order valence-electron chi connectivity index (χ2n) is 5.66. The van der Waals surface area contributed by atoms with Gasteiger partial charge in [0.1, 0.15) is 5.75 Å². The fourth-order valence-electron chi connectivity index (χ4n) is 1.82. The SMILES string of the molecule is C=C(C)CNC(=NCc1ccccc1OCC)NCC(=O)N(C)C. The molecule has 0 spiro atoms. The summed E-state index contributed by atoms with van der Waals surface area (Å²) in [6, 6.07) is 7.80. The predicted octanol–water partition coefficient (Wildman–Crippen LogP) is 1.78. The number of likely N-dealkylation sites (N-methyl/N-ethyl adjacent to an activating group) is 1. The Kier molecular flexibility index (Phi) is 8.39. The Morgan fingerprint density at radius 1 is 1.25 bits per heavy atom. The molecular weight excluding hydrogens is 304 g/mol. The lowest BCUT2D eigenvalue weighted by Crippen LogP contribution is -2.43. The highest BCUT2D eigenvalue weighted by molar-refractivity contribution is 5.86. The molecule has 0 atom stereocenters. The number of carbonyl (C=O) groups is 1. The predicted molar refractivity (Wildman–Crippen MR) is 98.3 cm³/mol. The van der Waals surface area contributed by atoms with Crippen LogP contribution in [-0.4, -0.2) is 50.6 Å². The zero-order chi connectivity index (χ0) is 17.9. The molecule has 0 aliphatic heterocycles. The number of hydrogen-bond donors (Lipinski definition) is 2. The number of nitrogens with one attached hydrogen (secondary N) is 2. The van der Waals surface area contributed by atoms with E-state index < -0.39 is 0 Å². The van der Waals surface area contributed by atoms with Gasteiger partial charge in [0.25, 0.3) is 0 Å². The van der Waals surface area contributed by atoms with Crippen LogP contribution in [0.25, 0.3) is 0 Å². The summed E-state index contributed by atoms with van der Waals surface area (Å²) in [5.41, 5.74) is 1.98. The smallest absolute Gasteiger partial charge is 0.241 e. The van der Waals surface area contributed by atoms with Gasteiger partial charge in [-0.15, -0.1) is 0 Å². The summed E-state index contributed by atoms with van der Waals surface area (Å²) < 4.78 is 5.61. The van der Waals surface area contributed by atoms with Gasteiger partial charge in [0.05, 0.1) is 19.7 Å². The van der Waals surface area contributed by atoms with Crippen LogP contribution in [0.3, 0.4) is 0 Å². The van der Waals surface area contributed by atoms with Gasteiger partial charge in [0.15, 0.2) is 5.96 Å². The van der Waals surface area contributed by atoms with Gasteiger partial charge in [-0.25, -0.2) is 4.99 Å². The Morgan fingerprint density at radius 3 is 2.54 bits per heavy atom. The van der Waals surface area contributed by atoms with Crippen molar-refractivity contribution in [2.24, 2.45) is 4.99 Å². The van der Waals surface area contributed by atoms with Crippen LogP contribution in [0.15, 0.2) is 41.4 Å². The third-order valence-corrected chi connectivity index (χ3v) is 3.14. The molecular formula is C18H28N4O2. The van der Waals surface area contributed by atoms with Crippen LogP contribution in [0, 0.1) is 0 Å². The minimum Gasteiger partial charge on any atom is -0.494 e. The minimum atomic E-state index is -0.0189. The summed E-state index contributed by atoms with van der Waals surface area (Å²) in [7, 11) is 3.45. The van der Waals surface area contributed by atoms with Crippen LogP contribution in [0.5, 0.6) is 5.75 Å². The number of aliphatic imine (C=N–C) groups is 1. The monoisotopic (exact) mass is 332 g/mol. The van der Waals surface area contributed by atoms with Gasteiger partial charge in [-0.05, 0) is 19.9 Å². The maximum Gasteiger partial charge on any atom is 0.241 e. The number of carbonyl (C=O) groups excluding carboxylic acids is 1. The summed E-state index contributed by atoms with van der Waals surface area (Å²) in [6.45, 7) is 9.59. The van der Waals surface area contributed by atoms with Crippen LogP contribution in [-0.2, 0) is 11.3 Å². The Balaban J connectivity index is 2.79. The number of para-hydroxylation sites is 1. The summed E-state index contributed by atoms with van der Waals surface area (Å²) in [4.78, 5) is 17.8. The number of ether oxygens (including phenoxy) is 1. The number of guanidine groups is 1. The summed E-state index contributed by atoms with van der Waals surface area (Å²) in [5.74, 6) is 1.38. The van der Waals surface area contributed by atoms with E-state index in [-0.39, 0.29) is 12.5 Å². The van der Waals surface area contributed by atoms with E-state index >= 15 is 0 Å². The van der Waals surface area contributed by atoms with Gasteiger partial charge in [0, 0.05) is 26.2 Å². The first-order valence-corrected chi connectivity index (χ1v) is 8.01. The van der Waals surface area contributed by atoms with Crippen LogP contribution >= 0.6 is 0 Å². The number of nitrogens with zero attached hydrogens (tertiary/aromatic N) is 2. The largest absolute Gasteiger partial charge is 0.494 e. The van der Waals surface area contributed by atoms with Crippen molar-refractivity contribution in [3.63, 3.8) is 0 Å². The third-order valence-electron chi connectivity index (χ3n) is 3.14. The normalized spacial score (nSPS) is 10.9. The van der Waals surface area contributed by atoms with E-state index in [0.29, 0.717) is 25.7 Å². The highest BCUT2D eigenvalue weighted by Gasteiger charge is 2.07. The maximum atomic E-state index is 11.7. The van der Waals surface area contributed by atoms with Crippen molar-refractivity contribution in [3.05, 3.63) is 42.0 Å². The molecule has 1 amide bonds. The van der Waals surface area contributed by atoms with Crippen LogP contribution in [0.1, 0.15) is 19.4 Å². The quantitative estimate of drug-likeness (QED) is 0.433. The minimum absolute atomic E-state index is 0.0189. The number of rotatable bonds is 8. The topological polar surface area (TPSA) is 66.0 Å². The van der Waals surface area contributed by atoms with E-state index in [1.54, 1.807) is 14.1 Å². The van der Waals surface area contributed by atoms with Crippen LogP contribution in [0.2, 0.25) is 0 Å². The molecule has 0 saturated heterocycles. The molecule has 2 N–H and O–H groups in total. The lowest BCUT2D eigenvalue weighted by molar-refractivity contribution is -0.127. The fraction of sp³-hybridized carbons (Fsp3) is 0.444. The van der Waals surface area contributed by atoms with Crippen molar-refractivity contribution in [1.29, 1.82) is 0 Å². The van der Waals surface area contributed by atoms with Gasteiger partial charge in [-0.2, -0.15) is 0 Å². The standard InChI is InChI=1S/C18H28N4O2/c1-6-24-16-10-8-7-9-15(16)12-20-18(19-11-14(2)3)21-13-17(23)22(4)5/h7-10H,2,6,11-13H2,1,3-5H3,(H2,19,20,21). The van der Waals surface area contributed by atoms with Crippen molar-refractivity contribution < 1.29 is 9.53 Å². The average Bonchev–Trinajstić information content (AvgIpc) is 2.55. The molecule has 0 saturated carbocycles. The van der Waals surface area contributed by atoms with E-state index in [1.807, 2.05) is 38.1 Å².